The molecule has 106 valence electrons. The highest BCUT2D eigenvalue weighted by atomic mass is 19.1. The van der Waals surface area contributed by atoms with Gasteiger partial charge in [-0.05, 0) is 31.2 Å². The van der Waals surface area contributed by atoms with Gasteiger partial charge in [0, 0.05) is 24.2 Å². The number of anilines is 1. The van der Waals surface area contributed by atoms with Crippen molar-refractivity contribution in [3.63, 3.8) is 0 Å². The molecule has 1 unspecified atom stereocenters. The van der Waals surface area contributed by atoms with Crippen LogP contribution in [0.1, 0.15) is 6.42 Å². The van der Waals surface area contributed by atoms with Crippen LogP contribution in [-0.2, 0) is 0 Å². The number of aromatic nitrogens is 2. The van der Waals surface area contributed by atoms with E-state index in [1.165, 1.54) is 13.2 Å². The van der Waals surface area contributed by atoms with Crippen LogP contribution in [0.4, 0.5) is 10.2 Å². The number of nitrogens with one attached hydrogen (secondary N) is 3. The Kier molecular flexibility index (Phi) is 3.56. The summed E-state index contributed by atoms with van der Waals surface area (Å²) in [5, 5.41) is 13.8. The van der Waals surface area contributed by atoms with Crippen molar-refractivity contribution in [2.45, 2.75) is 12.5 Å². The molecule has 5 nitrogen and oxygen atoms in total. The third kappa shape index (κ3) is 2.60. The first-order chi connectivity index (χ1) is 9.76. The second-order valence-electron chi connectivity index (χ2n) is 4.85. The molecule has 6 heteroatoms. The molecular weight excluding hydrogens is 259 g/mol. The first-order valence-corrected chi connectivity index (χ1v) is 6.63. The van der Waals surface area contributed by atoms with E-state index in [-0.39, 0.29) is 11.6 Å². The fourth-order valence-corrected chi connectivity index (χ4v) is 2.36. The van der Waals surface area contributed by atoms with Gasteiger partial charge >= 0.3 is 0 Å². The van der Waals surface area contributed by atoms with Crippen LogP contribution in [0.15, 0.2) is 24.3 Å². The summed E-state index contributed by atoms with van der Waals surface area (Å²) in [5.74, 6) is 0.641. The van der Waals surface area contributed by atoms with Gasteiger partial charge in [0.25, 0.3) is 0 Å². The second kappa shape index (κ2) is 5.50. The Balaban J connectivity index is 1.77. The molecule has 20 heavy (non-hydrogen) atoms. The molecule has 1 aromatic heterocycles. The van der Waals surface area contributed by atoms with Crippen LogP contribution in [0.5, 0.6) is 5.75 Å². The molecule has 1 fully saturated rings. The van der Waals surface area contributed by atoms with Gasteiger partial charge in [-0.25, -0.2) is 4.39 Å². The summed E-state index contributed by atoms with van der Waals surface area (Å²) < 4.78 is 18.6. The number of rotatable bonds is 4. The first-order valence-electron chi connectivity index (χ1n) is 6.63. The molecule has 0 aliphatic carbocycles. The highest BCUT2D eigenvalue weighted by Gasteiger charge is 2.15. The number of hydrogen-bond donors (Lipinski definition) is 3. The van der Waals surface area contributed by atoms with Crippen LogP contribution >= 0.6 is 0 Å². The molecule has 1 aliphatic heterocycles. The zero-order chi connectivity index (χ0) is 13.9. The normalized spacial score (nSPS) is 18.2. The van der Waals surface area contributed by atoms with Gasteiger partial charge in [0.1, 0.15) is 5.82 Å². The van der Waals surface area contributed by atoms with Crippen LogP contribution in [-0.4, -0.2) is 36.4 Å². The van der Waals surface area contributed by atoms with E-state index in [1.807, 2.05) is 6.07 Å². The molecule has 0 bridgehead atoms. The maximum Gasteiger partial charge on any atom is 0.165 e. The average Bonchev–Trinajstić information content (AvgIpc) is 3.11. The third-order valence-electron chi connectivity index (χ3n) is 3.45. The van der Waals surface area contributed by atoms with Crippen LogP contribution in [0.25, 0.3) is 11.3 Å². The number of H-pyrrole nitrogens is 1. The van der Waals surface area contributed by atoms with Crippen LogP contribution in [0.3, 0.4) is 0 Å². The van der Waals surface area contributed by atoms with Crippen molar-refractivity contribution in [3.8, 4) is 17.0 Å². The standard InChI is InChI=1S/C14H17FN4O/c1-20-13-3-2-9(6-11(13)15)12-7-14(19-18-12)17-10-4-5-16-8-10/h2-3,6-7,10,16H,4-5,8H2,1H3,(H2,17,18,19). The number of benzene rings is 1. The lowest BCUT2D eigenvalue weighted by atomic mass is 10.1. The Morgan fingerprint density at radius 2 is 2.30 bits per heavy atom. The molecule has 3 rings (SSSR count). The smallest absolute Gasteiger partial charge is 0.165 e. The Morgan fingerprint density at radius 1 is 1.40 bits per heavy atom. The van der Waals surface area contributed by atoms with Gasteiger partial charge in [-0.2, -0.15) is 5.10 Å². The molecule has 0 amide bonds. The molecule has 0 saturated carbocycles. The lowest BCUT2D eigenvalue weighted by molar-refractivity contribution is 0.386. The quantitative estimate of drug-likeness (QED) is 0.799. The minimum Gasteiger partial charge on any atom is -0.494 e. The van der Waals surface area contributed by atoms with E-state index in [9.17, 15) is 4.39 Å². The van der Waals surface area contributed by atoms with E-state index >= 15 is 0 Å². The molecular formula is C14H17FN4O. The van der Waals surface area contributed by atoms with Crippen molar-refractivity contribution >= 4 is 5.82 Å². The van der Waals surface area contributed by atoms with Gasteiger partial charge < -0.3 is 15.4 Å². The lowest BCUT2D eigenvalue weighted by Gasteiger charge is -2.08. The zero-order valence-electron chi connectivity index (χ0n) is 11.2. The highest BCUT2D eigenvalue weighted by molar-refractivity contribution is 5.63. The number of aromatic amines is 1. The van der Waals surface area contributed by atoms with E-state index in [4.69, 9.17) is 4.74 Å². The van der Waals surface area contributed by atoms with Gasteiger partial charge in [-0.15, -0.1) is 0 Å². The lowest BCUT2D eigenvalue weighted by Crippen LogP contribution is -2.22. The van der Waals surface area contributed by atoms with Gasteiger partial charge in [-0.3, -0.25) is 5.10 Å². The van der Waals surface area contributed by atoms with Crippen LogP contribution in [0, 0.1) is 5.82 Å². The topological polar surface area (TPSA) is 62.0 Å². The summed E-state index contributed by atoms with van der Waals surface area (Å²) in [6, 6.07) is 7.14. The Bertz CT molecular complexity index is 593. The second-order valence-corrected chi connectivity index (χ2v) is 4.85. The Labute approximate surface area is 116 Å². The predicted octanol–water partition coefficient (Wildman–Crippen LogP) is 2.00. The van der Waals surface area contributed by atoms with E-state index in [1.54, 1.807) is 12.1 Å². The van der Waals surface area contributed by atoms with Gasteiger partial charge in [0.2, 0.25) is 0 Å². The van der Waals surface area contributed by atoms with E-state index in [2.05, 4.69) is 20.8 Å². The summed E-state index contributed by atoms with van der Waals surface area (Å²) >= 11 is 0. The summed E-state index contributed by atoms with van der Waals surface area (Å²) in [5.41, 5.74) is 1.52. The van der Waals surface area contributed by atoms with Crippen LogP contribution in [0.2, 0.25) is 0 Å². The zero-order valence-corrected chi connectivity index (χ0v) is 11.2. The van der Waals surface area contributed by atoms with Crippen molar-refractivity contribution in [1.82, 2.24) is 15.5 Å². The van der Waals surface area contributed by atoms with Crippen molar-refractivity contribution in [2.24, 2.45) is 0 Å². The summed E-state index contributed by atoms with van der Waals surface area (Å²) in [6.45, 7) is 1.97. The number of methoxy groups -OCH3 is 1. The first kappa shape index (κ1) is 12.9. The van der Waals surface area contributed by atoms with Crippen molar-refractivity contribution < 1.29 is 9.13 Å². The summed E-state index contributed by atoms with van der Waals surface area (Å²) in [4.78, 5) is 0. The number of halogens is 1. The number of nitrogens with zero attached hydrogens (tertiary/aromatic N) is 1. The van der Waals surface area contributed by atoms with Crippen LogP contribution < -0.4 is 15.4 Å². The minimum absolute atomic E-state index is 0.239. The Morgan fingerprint density at radius 3 is 3.00 bits per heavy atom. The van der Waals surface area contributed by atoms with E-state index in [0.29, 0.717) is 6.04 Å². The molecule has 1 aromatic carbocycles. The predicted molar refractivity (Wildman–Crippen MR) is 75.4 cm³/mol. The summed E-state index contributed by atoms with van der Waals surface area (Å²) in [6.07, 6.45) is 1.08. The highest BCUT2D eigenvalue weighted by Crippen LogP contribution is 2.25. The van der Waals surface area contributed by atoms with Gasteiger partial charge in [0.15, 0.2) is 11.6 Å². The van der Waals surface area contributed by atoms with Crippen molar-refractivity contribution in [3.05, 3.63) is 30.1 Å². The average molecular weight is 276 g/mol. The SMILES string of the molecule is COc1ccc(-c2cc(NC3CCNC3)n[nH]2)cc1F. The maximum absolute atomic E-state index is 13.7. The molecule has 1 atom stereocenters. The molecule has 2 heterocycles. The minimum atomic E-state index is -0.380. The third-order valence-corrected chi connectivity index (χ3v) is 3.45. The molecule has 2 aromatic rings. The molecule has 1 aliphatic rings. The monoisotopic (exact) mass is 276 g/mol. The molecule has 3 N–H and O–H groups in total. The fourth-order valence-electron chi connectivity index (χ4n) is 2.36. The van der Waals surface area contributed by atoms with Crippen molar-refractivity contribution in [2.75, 3.05) is 25.5 Å². The molecule has 0 spiro atoms. The van der Waals surface area contributed by atoms with Gasteiger partial charge in [-0.1, -0.05) is 0 Å². The molecule has 1 saturated heterocycles. The number of hydrogen-bond acceptors (Lipinski definition) is 4. The van der Waals surface area contributed by atoms with E-state index < -0.39 is 0 Å². The summed E-state index contributed by atoms with van der Waals surface area (Å²) in [7, 11) is 1.45. The maximum atomic E-state index is 13.7. The Hall–Kier alpha value is -2.08. The molecule has 0 radical (unpaired) electrons. The van der Waals surface area contributed by atoms with E-state index in [0.717, 1.165) is 36.6 Å². The van der Waals surface area contributed by atoms with Gasteiger partial charge in [0.05, 0.1) is 12.8 Å². The van der Waals surface area contributed by atoms with Crippen molar-refractivity contribution in [1.29, 1.82) is 0 Å². The number of ether oxygens (including phenoxy) is 1. The largest absolute Gasteiger partial charge is 0.494 e. The fraction of sp³-hybridized carbons (Fsp3) is 0.357.